The molecule has 2 aliphatic rings. The van der Waals surface area contributed by atoms with Gasteiger partial charge in [-0.2, -0.15) is 4.58 Å². The van der Waals surface area contributed by atoms with Crippen molar-refractivity contribution >= 4 is 29.1 Å². The molecule has 2 heterocycles. The number of nitrogens with zero attached hydrogens (tertiary/aromatic N) is 2. The molecule has 2 N–H and O–H groups in total. The zero-order chi connectivity index (χ0) is 44.1. The first kappa shape index (κ1) is 52.3. The van der Waals surface area contributed by atoms with Crippen LogP contribution in [-0.2, 0) is 44.0 Å². The van der Waals surface area contributed by atoms with Crippen LogP contribution in [0.2, 0.25) is 0 Å². The molecular weight excluding hydrogens is 808 g/mol. The number of amides is 2. The lowest BCUT2D eigenvalue weighted by atomic mass is 9.81. The molecule has 2 aromatic rings. The Kier molecular flexibility index (Phi) is 22.4. The van der Waals surface area contributed by atoms with Crippen molar-refractivity contribution in [3.05, 3.63) is 95.7 Å². The van der Waals surface area contributed by atoms with E-state index < -0.39 is 11.7 Å². The van der Waals surface area contributed by atoms with E-state index in [1.54, 1.807) is 0 Å². The van der Waals surface area contributed by atoms with Crippen molar-refractivity contribution in [1.29, 1.82) is 0 Å². The summed E-state index contributed by atoms with van der Waals surface area (Å²) < 4.78 is 35.0. The molecule has 0 bridgehead atoms. The summed E-state index contributed by atoms with van der Waals surface area (Å²) in [5, 5.41) is 5.61. The summed E-state index contributed by atoms with van der Waals surface area (Å²) in [6, 6.07) is 17.4. The summed E-state index contributed by atoms with van der Waals surface area (Å²) in [6.07, 6.45) is 13.8. The number of carbonyl (C=O) groups excluding carboxylic acids is 2. The Hall–Kier alpha value is -4.04. The van der Waals surface area contributed by atoms with Crippen LogP contribution in [-0.4, -0.2) is 121 Å². The number of unbranched alkanes of at least 4 members (excludes halogenated alkanes) is 2. The van der Waals surface area contributed by atoms with Crippen molar-refractivity contribution in [2.45, 2.75) is 90.6 Å². The van der Waals surface area contributed by atoms with Gasteiger partial charge in [-0.15, -0.1) is 0 Å². The van der Waals surface area contributed by atoms with Crippen LogP contribution in [0.1, 0.15) is 85.3 Å². The predicted octanol–water partition coefficient (Wildman–Crippen LogP) is 4.78. The van der Waals surface area contributed by atoms with Gasteiger partial charge >= 0.3 is 6.09 Å². The standard InChI is InChI=1S/C49H72N4O8.ClH/c1-47(2,3)61-46(55)51-27-30-57-32-34-59-36-38-60-37-35-58-33-31-56-29-26-50-45(54)25-13-10-18-28-53-42-22-17-15-20-40(42)49(6,7)44(53)24-12-9-11-23-43-48(4,5)39-19-14-16-21-41(39)52(43)8;/h9,11-12,14-17,19-24H,10,13,18,25-38H2,1-8H3,(H-,50,51,54,55);1H. The topological polar surface area (TPSA) is 120 Å². The number of para-hydroxylation sites is 2. The van der Waals surface area contributed by atoms with Crippen LogP contribution < -0.4 is 27.9 Å². The highest BCUT2D eigenvalue weighted by Gasteiger charge is 2.42. The van der Waals surface area contributed by atoms with E-state index in [0.717, 1.165) is 25.8 Å². The maximum absolute atomic E-state index is 12.5. The van der Waals surface area contributed by atoms with E-state index in [1.165, 1.54) is 33.9 Å². The number of benzene rings is 2. The second-order valence-electron chi connectivity index (χ2n) is 17.3. The largest absolute Gasteiger partial charge is 1.00 e. The highest BCUT2D eigenvalue weighted by molar-refractivity contribution is 6.03. The Morgan fingerprint density at radius 3 is 1.82 bits per heavy atom. The second-order valence-corrected chi connectivity index (χ2v) is 17.3. The minimum Gasteiger partial charge on any atom is -1.00 e. The van der Waals surface area contributed by atoms with E-state index in [1.807, 2.05) is 20.8 Å². The highest BCUT2D eigenvalue weighted by atomic mass is 35.5. The maximum atomic E-state index is 12.5. The van der Waals surface area contributed by atoms with Crippen LogP contribution >= 0.6 is 0 Å². The van der Waals surface area contributed by atoms with Gasteiger partial charge in [-0.05, 0) is 65.2 Å². The van der Waals surface area contributed by atoms with Crippen molar-refractivity contribution in [2.75, 3.05) is 97.7 Å². The molecular formula is C49H73ClN4O8. The highest BCUT2D eigenvalue weighted by Crippen LogP contribution is 2.47. The number of allylic oxidation sites excluding steroid dienone is 6. The average molecular weight is 882 g/mol. The third-order valence-electron chi connectivity index (χ3n) is 10.7. The van der Waals surface area contributed by atoms with Gasteiger partial charge in [0.1, 0.15) is 12.6 Å². The molecule has 0 radical (unpaired) electrons. The van der Waals surface area contributed by atoms with Crippen molar-refractivity contribution in [3.63, 3.8) is 0 Å². The molecule has 0 unspecified atom stereocenters. The zero-order valence-corrected chi connectivity index (χ0v) is 39.3. The van der Waals surface area contributed by atoms with E-state index >= 15 is 0 Å². The van der Waals surface area contributed by atoms with Crippen molar-refractivity contribution in [1.82, 2.24) is 10.6 Å². The Morgan fingerprint density at radius 1 is 0.677 bits per heavy atom. The van der Waals surface area contributed by atoms with Crippen molar-refractivity contribution in [3.8, 4) is 0 Å². The fourth-order valence-corrected chi connectivity index (χ4v) is 7.65. The summed E-state index contributed by atoms with van der Waals surface area (Å²) in [5.74, 6) is 0.0572. The molecule has 0 fully saturated rings. The van der Waals surface area contributed by atoms with Gasteiger partial charge in [0.15, 0.2) is 5.71 Å². The first-order chi connectivity index (χ1) is 29.2. The van der Waals surface area contributed by atoms with Gasteiger partial charge in [0, 0.05) is 60.6 Å². The van der Waals surface area contributed by atoms with Crippen LogP contribution in [0.5, 0.6) is 0 Å². The fraction of sp³-hybridized carbons (Fsp3) is 0.571. The lowest BCUT2D eigenvalue weighted by molar-refractivity contribution is -0.401. The van der Waals surface area contributed by atoms with Crippen LogP contribution in [0.3, 0.4) is 0 Å². The van der Waals surface area contributed by atoms with Crippen molar-refractivity contribution in [2.24, 2.45) is 0 Å². The number of carbonyl (C=O) groups is 2. The number of ether oxygens (including phenoxy) is 6. The second kappa shape index (κ2) is 26.6. The number of hydrogen-bond acceptors (Lipinski definition) is 9. The van der Waals surface area contributed by atoms with Gasteiger partial charge in [0.2, 0.25) is 11.6 Å². The first-order valence-corrected chi connectivity index (χ1v) is 22.0. The summed E-state index contributed by atoms with van der Waals surface area (Å²) >= 11 is 0. The molecule has 2 aromatic carbocycles. The number of fused-ring (bicyclic) bond motifs is 2. The van der Waals surface area contributed by atoms with Gasteiger partial charge in [0.05, 0.1) is 71.5 Å². The smallest absolute Gasteiger partial charge is 0.407 e. The van der Waals surface area contributed by atoms with Crippen LogP contribution in [0, 0.1) is 0 Å². The zero-order valence-electron chi connectivity index (χ0n) is 38.6. The summed E-state index contributed by atoms with van der Waals surface area (Å²) in [6.45, 7) is 20.9. The molecule has 13 heteroatoms. The number of alkyl carbamates (subject to hydrolysis) is 1. The van der Waals surface area contributed by atoms with Gasteiger partial charge < -0.3 is 56.4 Å². The van der Waals surface area contributed by atoms with E-state index in [9.17, 15) is 9.59 Å². The van der Waals surface area contributed by atoms with Crippen LogP contribution in [0.25, 0.3) is 0 Å². The molecule has 0 aromatic heterocycles. The summed E-state index contributed by atoms with van der Waals surface area (Å²) in [7, 11) is 2.15. The molecule has 4 rings (SSSR count). The fourth-order valence-electron chi connectivity index (χ4n) is 7.65. The Morgan fingerprint density at radius 2 is 1.23 bits per heavy atom. The maximum Gasteiger partial charge on any atom is 0.407 e. The molecule has 0 aliphatic carbocycles. The Bertz CT molecular complexity index is 1820. The van der Waals surface area contributed by atoms with Gasteiger partial charge in [0.25, 0.3) is 0 Å². The molecule has 0 atom stereocenters. The van der Waals surface area contributed by atoms with Gasteiger partial charge in [-0.3, -0.25) is 4.79 Å². The Labute approximate surface area is 377 Å². The molecule has 344 valence electrons. The molecule has 0 saturated carbocycles. The number of nitrogens with one attached hydrogen (secondary N) is 2. The number of rotatable bonds is 27. The van der Waals surface area contributed by atoms with E-state index in [0.29, 0.717) is 85.6 Å². The van der Waals surface area contributed by atoms with Gasteiger partial charge in [-0.1, -0.05) is 74.9 Å². The third-order valence-corrected chi connectivity index (χ3v) is 10.7. The Balaban J connectivity index is 0.0000102. The summed E-state index contributed by atoms with van der Waals surface area (Å²) in [5.41, 5.74) is 7.14. The number of anilines is 1. The average Bonchev–Trinajstić information content (AvgIpc) is 3.55. The first-order valence-electron chi connectivity index (χ1n) is 22.0. The van der Waals surface area contributed by atoms with E-state index in [-0.39, 0.29) is 29.1 Å². The van der Waals surface area contributed by atoms with E-state index in [2.05, 4.69) is 134 Å². The molecule has 12 nitrogen and oxygen atoms in total. The number of hydrogen-bond donors (Lipinski definition) is 2. The van der Waals surface area contributed by atoms with Gasteiger partial charge in [-0.25, -0.2) is 4.79 Å². The molecule has 2 aliphatic heterocycles. The molecule has 0 spiro atoms. The molecule has 0 saturated heterocycles. The lowest BCUT2D eigenvalue weighted by Crippen LogP contribution is -3.00. The molecule has 62 heavy (non-hydrogen) atoms. The predicted molar refractivity (Wildman–Crippen MR) is 243 cm³/mol. The number of halogens is 1. The third kappa shape index (κ3) is 16.6. The minimum atomic E-state index is -0.519. The van der Waals surface area contributed by atoms with Crippen LogP contribution in [0.4, 0.5) is 16.2 Å². The lowest BCUT2D eigenvalue weighted by Gasteiger charge is -2.27. The van der Waals surface area contributed by atoms with E-state index in [4.69, 9.17) is 28.4 Å². The van der Waals surface area contributed by atoms with Crippen LogP contribution in [0.15, 0.2) is 84.6 Å². The van der Waals surface area contributed by atoms with Crippen molar-refractivity contribution < 1.29 is 55.0 Å². The summed E-state index contributed by atoms with van der Waals surface area (Å²) in [4.78, 5) is 26.5. The SMILES string of the molecule is C[N+]1=C(\C=C/C=C/C=C2/N(CCCCCC(=O)NCCOCCOCCOCCOCCOCCNC(=O)OC(C)(C)C)c3ccccc3C2(C)C)C(C)(C)c2ccccc21.[Cl-]. The normalized spacial score (nSPS) is 15.9. The molecule has 2 amide bonds. The monoisotopic (exact) mass is 881 g/mol. The quantitative estimate of drug-likeness (QED) is 0.0744. The minimum absolute atomic E-state index is 0.